The number of unbranched alkanes of at least 4 members (excludes halogenated alkanes) is 56. The van der Waals surface area contributed by atoms with Gasteiger partial charge in [-0.05, 0) is 31.6 Å². The topological polar surface area (TPSA) is 237 Å². The third kappa shape index (κ3) is 78.0. The van der Waals surface area contributed by atoms with E-state index in [9.17, 15) is 43.2 Å². The zero-order valence-corrected chi connectivity index (χ0v) is 69.3. The average Bonchev–Trinajstić information content (AvgIpc) is 0.913. The van der Waals surface area contributed by atoms with Crippen molar-refractivity contribution in [3.05, 3.63) is 0 Å². The van der Waals surface area contributed by atoms with E-state index in [1.807, 2.05) is 0 Å². The van der Waals surface area contributed by atoms with E-state index in [-0.39, 0.29) is 25.7 Å². The van der Waals surface area contributed by atoms with Crippen LogP contribution in [0.2, 0.25) is 0 Å². The maximum absolute atomic E-state index is 13.1. The van der Waals surface area contributed by atoms with Gasteiger partial charge in [0.1, 0.15) is 19.3 Å². The lowest BCUT2D eigenvalue weighted by molar-refractivity contribution is -0.161. The molecule has 19 heteroatoms. The Morgan fingerprint density at radius 3 is 0.660 bits per heavy atom. The van der Waals surface area contributed by atoms with Crippen LogP contribution in [0.25, 0.3) is 0 Å². The number of aliphatic hydroxyl groups is 1. The van der Waals surface area contributed by atoms with Crippen molar-refractivity contribution in [1.82, 2.24) is 0 Å². The molecular formula is C84H164O17P2. The normalized spacial score (nSPS) is 13.8. The van der Waals surface area contributed by atoms with E-state index < -0.39 is 97.5 Å². The van der Waals surface area contributed by atoms with Crippen molar-refractivity contribution in [3.63, 3.8) is 0 Å². The lowest BCUT2D eigenvalue weighted by Gasteiger charge is -2.21. The first-order valence-electron chi connectivity index (χ1n) is 43.6. The van der Waals surface area contributed by atoms with Gasteiger partial charge in [0.05, 0.1) is 26.4 Å². The summed E-state index contributed by atoms with van der Waals surface area (Å²) in [7, 11) is -9.92. The molecule has 0 aromatic carbocycles. The molecule has 0 aliphatic carbocycles. The molecule has 0 radical (unpaired) electrons. The second-order valence-electron chi connectivity index (χ2n) is 30.7. The molecule has 0 saturated heterocycles. The summed E-state index contributed by atoms with van der Waals surface area (Å²) in [5.41, 5.74) is 0. The second kappa shape index (κ2) is 76.8. The Bertz CT molecular complexity index is 1960. The molecule has 0 aromatic rings. The van der Waals surface area contributed by atoms with E-state index in [0.717, 1.165) is 96.3 Å². The molecule has 3 N–H and O–H groups in total. The summed E-state index contributed by atoms with van der Waals surface area (Å²) in [6.07, 6.45) is 69.8. The van der Waals surface area contributed by atoms with Crippen molar-refractivity contribution in [2.24, 2.45) is 5.92 Å². The number of carbonyl (C=O) groups is 4. The molecule has 0 aliphatic rings. The highest BCUT2D eigenvalue weighted by Crippen LogP contribution is 2.45. The summed E-state index contributed by atoms with van der Waals surface area (Å²) in [6, 6.07) is 0. The average molecular weight is 1510 g/mol. The Kier molecular flexibility index (Phi) is 75.4. The predicted molar refractivity (Wildman–Crippen MR) is 423 cm³/mol. The van der Waals surface area contributed by atoms with Crippen molar-refractivity contribution >= 4 is 39.5 Å². The fourth-order valence-corrected chi connectivity index (χ4v) is 14.7. The highest BCUT2D eigenvalue weighted by Gasteiger charge is 2.30. The molecule has 0 bridgehead atoms. The first-order chi connectivity index (χ1) is 50.0. The van der Waals surface area contributed by atoms with Crippen LogP contribution in [-0.4, -0.2) is 96.7 Å². The number of carbonyl (C=O) groups excluding carboxylic acids is 4. The van der Waals surface area contributed by atoms with Crippen LogP contribution in [0.1, 0.15) is 452 Å². The van der Waals surface area contributed by atoms with Gasteiger partial charge in [-0.15, -0.1) is 0 Å². The summed E-state index contributed by atoms with van der Waals surface area (Å²) in [6.45, 7) is 7.25. The summed E-state index contributed by atoms with van der Waals surface area (Å²) in [5.74, 6) is -1.43. The van der Waals surface area contributed by atoms with Gasteiger partial charge < -0.3 is 33.8 Å². The fraction of sp³-hybridized carbons (Fsp3) is 0.952. The lowest BCUT2D eigenvalue weighted by Crippen LogP contribution is -2.30. The lowest BCUT2D eigenvalue weighted by atomic mass is 10.0. The predicted octanol–water partition coefficient (Wildman–Crippen LogP) is 25.6. The quantitative estimate of drug-likeness (QED) is 0.0222. The molecule has 0 aromatic heterocycles. The Balaban J connectivity index is 5.18. The summed E-state index contributed by atoms with van der Waals surface area (Å²) >= 11 is 0. The van der Waals surface area contributed by atoms with Gasteiger partial charge >= 0.3 is 39.5 Å². The van der Waals surface area contributed by atoms with E-state index in [1.165, 1.54) is 270 Å². The van der Waals surface area contributed by atoms with Crippen molar-refractivity contribution in [2.45, 2.75) is 470 Å². The third-order valence-electron chi connectivity index (χ3n) is 19.8. The number of aliphatic hydroxyl groups excluding tert-OH is 1. The summed E-state index contributed by atoms with van der Waals surface area (Å²) in [5, 5.41) is 10.6. The van der Waals surface area contributed by atoms with Crippen LogP contribution in [0.15, 0.2) is 0 Å². The monoisotopic (exact) mass is 1510 g/mol. The van der Waals surface area contributed by atoms with Crippen LogP contribution >= 0.6 is 15.6 Å². The molecule has 0 amide bonds. The standard InChI is InChI=1S/C84H164O17P2/c1-6-9-12-15-18-21-24-27-29-31-33-35-36-38-40-42-44-47-50-53-60-65-70-84(89)100-79(73-94-81(86)67-62-57-51-48-46-43-41-39-37-34-32-30-28-25-22-19-16-13-10-7-2)75-98-102(90,91)96-71-78(85)72-97-103(92,93)99-76-80(74-95-82(87)68-63-58-55-54-56-61-66-77(4)5)101-83(88)69-64-59-52-49-45-26-23-20-17-14-11-8-3/h77-80,85H,6-76H2,1-5H3,(H,90,91)(H,92,93)/t78-,79-,80-/m1/s1. The number of hydrogen-bond donors (Lipinski definition) is 3. The van der Waals surface area contributed by atoms with Crippen molar-refractivity contribution in [2.75, 3.05) is 39.6 Å². The zero-order valence-electron chi connectivity index (χ0n) is 67.5. The second-order valence-corrected chi connectivity index (χ2v) is 33.6. The van der Waals surface area contributed by atoms with Crippen molar-refractivity contribution < 1.29 is 80.2 Å². The van der Waals surface area contributed by atoms with E-state index in [0.29, 0.717) is 31.6 Å². The van der Waals surface area contributed by atoms with Gasteiger partial charge in [0, 0.05) is 25.7 Å². The first kappa shape index (κ1) is 101. The minimum absolute atomic E-state index is 0.107. The van der Waals surface area contributed by atoms with Crippen LogP contribution in [0, 0.1) is 5.92 Å². The highest BCUT2D eigenvalue weighted by atomic mass is 31.2. The SMILES string of the molecule is CCCCCCCCCCCCCCCCCCCCCCCCC(=O)O[C@H](COC(=O)CCCCCCCCCCCCCCCCCCCCCC)COP(=O)(O)OC[C@@H](O)COP(=O)(O)OC[C@@H](COC(=O)CCCCCCCCC(C)C)OC(=O)CCCCCCCCCCCCCC. The summed E-state index contributed by atoms with van der Waals surface area (Å²) in [4.78, 5) is 73.0. The van der Waals surface area contributed by atoms with Gasteiger partial charge in [0.25, 0.3) is 0 Å². The molecule has 0 fully saturated rings. The number of phosphoric acid groups is 2. The van der Waals surface area contributed by atoms with E-state index in [4.69, 9.17) is 37.0 Å². The van der Waals surface area contributed by atoms with Crippen LogP contribution in [-0.2, 0) is 65.4 Å². The highest BCUT2D eigenvalue weighted by molar-refractivity contribution is 7.47. The molecule has 0 spiro atoms. The van der Waals surface area contributed by atoms with Crippen molar-refractivity contribution in [3.8, 4) is 0 Å². The van der Waals surface area contributed by atoms with E-state index in [2.05, 4.69) is 34.6 Å². The number of rotatable bonds is 84. The largest absolute Gasteiger partial charge is 0.472 e. The minimum Gasteiger partial charge on any atom is -0.462 e. The van der Waals surface area contributed by atoms with Gasteiger partial charge in [0.15, 0.2) is 12.2 Å². The maximum atomic E-state index is 13.1. The van der Waals surface area contributed by atoms with Crippen LogP contribution in [0.5, 0.6) is 0 Å². The minimum atomic E-state index is -4.96. The molecule has 0 heterocycles. The molecule has 0 saturated carbocycles. The molecule has 17 nitrogen and oxygen atoms in total. The van der Waals surface area contributed by atoms with Gasteiger partial charge in [-0.2, -0.15) is 0 Å². The van der Waals surface area contributed by atoms with Crippen LogP contribution in [0.4, 0.5) is 0 Å². The molecule has 2 unspecified atom stereocenters. The molecule has 0 rings (SSSR count). The Morgan fingerprint density at radius 2 is 0.447 bits per heavy atom. The molecule has 5 atom stereocenters. The van der Waals surface area contributed by atoms with Gasteiger partial charge in [-0.1, -0.05) is 401 Å². The number of hydrogen-bond acceptors (Lipinski definition) is 15. The number of esters is 4. The third-order valence-corrected chi connectivity index (χ3v) is 21.7. The first-order valence-corrected chi connectivity index (χ1v) is 46.6. The summed E-state index contributed by atoms with van der Waals surface area (Å²) < 4.78 is 68.7. The smallest absolute Gasteiger partial charge is 0.462 e. The van der Waals surface area contributed by atoms with E-state index in [1.54, 1.807) is 0 Å². The number of ether oxygens (including phenoxy) is 4. The van der Waals surface area contributed by atoms with E-state index >= 15 is 0 Å². The maximum Gasteiger partial charge on any atom is 0.472 e. The Labute approximate surface area is 632 Å². The molecule has 0 aliphatic heterocycles. The van der Waals surface area contributed by atoms with Gasteiger partial charge in [-0.25, -0.2) is 9.13 Å². The van der Waals surface area contributed by atoms with Gasteiger partial charge in [-0.3, -0.25) is 37.3 Å². The molecular weight excluding hydrogens is 1340 g/mol. The van der Waals surface area contributed by atoms with Gasteiger partial charge in [0.2, 0.25) is 0 Å². The van der Waals surface area contributed by atoms with Crippen molar-refractivity contribution in [1.29, 1.82) is 0 Å². The van der Waals surface area contributed by atoms with Crippen LogP contribution < -0.4 is 0 Å². The van der Waals surface area contributed by atoms with Crippen LogP contribution in [0.3, 0.4) is 0 Å². The molecule has 103 heavy (non-hydrogen) atoms. The molecule has 612 valence electrons. The number of phosphoric ester groups is 2. The zero-order chi connectivity index (χ0) is 75.5. The fourth-order valence-electron chi connectivity index (χ4n) is 13.1. The Hall–Kier alpha value is -1.94. The Morgan fingerprint density at radius 1 is 0.262 bits per heavy atom.